The van der Waals surface area contributed by atoms with E-state index in [2.05, 4.69) is 10.3 Å². The van der Waals surface area contributed by atoms with Gasteiger partial charge in [-0.2, -0.15) is 0 Å². The summed E-state index contributed by atoms with van der Waals surface area (Å²) in [6.07, 6.45) is 6.83. The van der Waals surface area contributed by atoms with Crippen molar-refractivity contribution in [3.05, 3.63) is 18.3 Å². The van der Waals surface area contributed by atoms with Crippen LogP contribution in [0.25, 0.3) is 0 Å². The fraction of sp³-hybridized carbons (Fsp3) is 0.615. The van der Waals surface area contributed by atoms with Crippen molar-refractivity contribution in [2.24, 2.45) is 11.1 Å². The van der Waals surface area contributed by atoms with Gasteiger partial charge in [-0.1, -0.05) is 12.8 Å². The molecule has 3 N–H and O–H groups in total. The van der Waals surface area contributed by atoms with Crippen LogP contribution in [-0.2, 0) is 0 Å². The van der Waals surface area contributed by atoms with E-state index >= 15 is 0 Å². The summed E-state index contributed by atoms with van der Waals surface area (Å²) in [4.78, 5) is 4.09. The lowest BCUT2D eigenvalue weighted by atomic mass is 9.86. The van der Waals surface area contributed by atoms with E-state index < -0.39 is 0 Å². The maximum absolute atomic E-state index is 5.91. The molecule has 0 bridgehead atoms. The molecule has 0 spiro atoms. The maximum atomic E-state index is 5.91. The molecular weight excluding hydrogens is 214 g/mol. The quantitative estimate of drug-likeness (QED) is 0.819. The molecule has 1 aromatic rings. The number of pyridine rings is 1. The van der Waals surface area contributed by atoms with E-state index in [9.17, 15) is 0 Å². The zero-order valence-corrected chi connectivity index (χ0v) is 10.4. The molecule has 2 rings (SSSR count). The molecular formula is C13H21N3O. The Hall–Kier alpha value is -1.29. The average molecular weight is 235 g/mol. The van der Waals surface area contributed by atoms with Gasteiger partial charge >= 0.3 is 0 Å². The molecule has 1 aliphatic rings. The van der Waals surface area contributed by atoms with Crippen LogP contribution in [0.4, 0.5) is 5.69 Å². The van der Waals surface area contributed by atoms with Crippen molar-refractivity contribution in [2.45, 2.75) is 25.7 Å². The van der Waals surface area contributed by atoms with Crippen molar-refractivity contribution < 1.29 is 4.74 Å². The molecule has 1 fully saturated rings. The number of hydrogen-bond donors (Lipinski definition) is 2. The van der Waals surface area contributed by atoms with Crippen LogP contribution >= 0.6 is 0 Å². The molecule has 0 radical (unpaired) electrons. The molecule has 0 amide bonds. The SMILES string of the molecule is COc1cc(NCC2(CN)CCCC2)ccn1. The lowest BCUT2D eigenvalue weighted by molar-refractivity contribution is 0.332. The molecule has 1 saturated carbocycles. The monoisotopic (exact) mass is 235 g/mol. The number of ether oxygens (including phenoxy) is 1. The van der Waals surface area contributed by atoms with Crippen LogP contribution in [-0.4, -0.2) is 25.2 Å². The van der Waals surface area contributed by atoms with Crippen molar-refractivity contribution in [2.75, 3.05) is 25.5 Å². The Morgan fingerprint density at radius 1 is 1.47 bits per heavy atom. The van der Waals surface area contributed by atoms with E-state index in [0.29, 0.717) is 5.88 Å². The highest BCUT2D eigenvalue weighted by Gasteiger charge is 2.32. The number of nitrogens with two attached hydrogens (primary N) is 1. The van der Waals surface area contributed by atoms with Gasteiger partial charge < -0.3 is 15.8 Å². The van der Waals surface area contributed by atoms with E-state index in [-0.39, 0.29) is 5.41 Å². The van der Waals surface area contributed by atoms with E-state index in [0.717, 1.165) is 18.8 Å². The summed E-state index contributed by atoms with van der Waals surface area (Å²) in [7, 11) is 1.63. The second-order valence-corrected chi connectivity index (χ2v) is 4.85. The third kappa shape index (κ3) is 2.88. The van der Waals surface area contributed by atoms with E-state index in [4.69, 9.17) is 10.5 Å². The molecule has 0 aromatic carbocycles. The smallest absolute Gasteiger partial charge is 0.214 e. The zero-order valence-electron chi connectivity index (χ0n) is 10.4. The van der Waals surface area contributed by atoms with Crippen LogP contribution in [0.2, 0.25) is 0 Å². The lowest BCUT2D eigenvalue weighted by Crippen LogP contribution is -2.34. The molecule has 0 atom stereocenters. The summed E-state index contributed by atoms with van der Waals surface area (Å²) in [5.74, 6) is 0.642. The number of anilines is 1. The van der Waals surface area contributed by atoms with Gasteiger partial charge in [0.05, 0.1) is 7.11 Å². The minimum atomic E-state index is 0.288. The minimum absolute atomic E-state index is 0.288. The molecule has 0 saturated heterocycles. The van der Waals surface area contributed by atoms with Crippen LogP contribution in [0.3, 0.4) is 0 Å². The molecule has 0 unspecified atom stereocenters. The number of nitrogens with one attached hydrogen (secondary N) is 1. The Bertz CT molecular complexity index is 361. The maximum Gasteiger partial charge on any atom is 0.214 e. The van der Waals surface area contributed by atoms with Gasteiger partial charge in [-0.15, -0.1) is 0 Å². The van der Waals surface area contributed by atoms with Crippen molar-refractivity contribution in [3.63, 3.8) is 0 Å². The first-order valence-corrected chi connectivity index (χ1v) is 6.22. The average Bonchev–Trinajstić information content (AvgIpc) is 2.86. The van der Waals surface area contributed by atoms with Gasteiger partial charge in [0.2, 0.25) is 5.88 Å². The van der Waals surface area contributed by atoms with Gasteiger partial charge in [0.1, 0.15) is 0 Å². The molecule has 17 heavy (non-hydrogen) atoms. The third-order valence-corrected chi connectivity index (χ3v) is 3.71. The number of methoxy groups -OCH3 is 1. The standard InChI is InChI=1S/C13H21N3O/c1-17-12-8-11(4-7-15-12)16-10-13(9-14)5-2-3-6-13/h4,7-8H,2-3,5-6,9-10,14H2,1H3,(H,15,16). The van der Waals surface area contributed by atoms with Gasteiger partial charge in [0, 0.05) is 24.5 Å². The second kappa shape index (κ2) is 5.36. The highest BCUT2D eigenvalue weighted by atomic mass is 16.5. The summed E-state index contributed by atoms with van der Waals surface area (Å²) in [6.45, 7) is 1.71. The molecule has 1 heterocycles. The normalized spacial score (nSPS) is 18.0. The Morgan fingerprint density at radius 3 is 2.88 bits per heavy atom. The summed E-state index contributed by atoms with van der Waals surface area (Å²) >= 11 is 0. The first-order valence-electron chi connectivity index (χ1n) is 6.22. The van der Waals surface area contributed by atoms with Crippen LogP contribution in [0.1, 0.15) is 25.7 Å². The summed E-state index contributed by atoms with van der Waals surface area (Å²) in [5, 5.41) is 3.45. The molecule has 0 aliphatic heterocycles. The van der Waals surface area contributed by atoms with Crippen LogP contribution < -0.4 is 15.8 Å². The zero-order chi connectivity index (χ0) is 12.1. The summed E-state index contributed by atoms with van der Waals surface area (Å²) in [6, 6.07) is 3.88. The lowest BCUT2D eigenvalue weighted by Gasteiger charge is -2.27. The van der Waals surface area contributed by atoms with Crippen molar-refractivity contribution in [3.8, 4) is 5.88 Å². The first-order chi connectivity index (χ1) is 8.28. The van der Waals surface area contributed by atoms with E-state index in [1.54, 1.807) is 13.3 Å². The van der Waals surface area contributed by atoms with E-state index in [1.807, 2.05) is 12.1 Å². The Balaban J connectivity index is 1.96. The minimum Gasteiger partial charge on any atom is -0.481 e. The Labute approximate surface area is 103 Å². The fourth-order valence-electron chi connectivity index (χ4n) is 2.50. The van der Waals surface area contributed by atoms with Gasteiger partial charge in [0.25, 0.3) is 0 Å². The summed E-state index contributed by atoms with van der Waals surface area (Å²) < 4.78 is 5.10. The Morgan fingerprint density at radius 2 is 2.24 bits per heavy atom. The molecule has 4 heteroatoms. The topological polar surface area (TPSA) is 60.2 Å². The van der Waals surface area contributed by atoms with Gasteiger partial charge in [0.15, 0.2) is 0 Å². The third-order valence-electron chi connectivity index (χ3n) is 3.71. The van der Waals surface area contributed by atoms with Gasteiger partial charge in [-0.25, -0.2) is 4.98 Å². The highest BCUT2D eigenvalue weighted by molar-refractivity contribution is 5.45. The first kappa shape index (κ1) is 12.2. The predicted molar refractivity (Wildman–Crippen MR) is 69.2 cm³/mol. The largest absolute Gasteiger partial charge is 0.481 e. The Kier molecular flexibility index (Phi) is 3.84. The van der Waals surface area contributed by atoms with Crippen LogP contribution in [0, 0.1) is 5.41 Å². The summed E-state index contributed by atoms with van der Waals surface area (Å²) in [5.41, 5.74) is 7.25. The number of hydrogen-bond acceptors (Lipinski definition) is 4. The highest BCUT2D eigenvalue weighted by Crippen LogP contribution is 2.37. The molecule has 94 valence electrons. The fourth-order valence-corrected chi connectivity index (χ4v) is 2.50. The van der Waals surface area contributed by atoms with Crippen LogP contribution in [0.15, 0.2) is 18.3 Å². The molecule has 1 aromatic heterocycles. The van der Waals surface area contributed by atoms with E-state index in [1.165, 1.54) is 25.7 Å². The number of rotatable bonds is 5. The second-order valence-electron chi connectivity index (χ2n) is 4.85. The van der Waals surface area contributed by atoms with Crippen molar-refractivity contribution in [1.29, 1.82) is 0 Å². The molecule has 1 aliphatic carbocycles. The van der Waals surface area contributed by atoms with Gasteiger partial charge in [-0.3, -0.25) is 0 Å². The van der Waals surface area contributed by atoms with Crippen LogP contribution in [0.5, 0.6) is 5.88 Å². The van der Waals surface area contributed by atoms with Gasteiger partial charge in [-0.05, 0) is 30.9 Å². The van der Waals surface area contributed by atoms with Crippen molar-refractivity contribution in [1.82, 2.24) is 4.98 Å². The number of nitrogens with zero attached hydrogens (tertiary/aromatic N) is 1. The van der Waals surface area contributed by atoms with Crippen molar-refractivity contribution >= 4 is 5.69 Å². The molecule has 4 nitrogen and oxygen atoms in total. The predicted octanol–water partition coefficient (Wildman–Crippen LogP) is 2.02. The number of aromatic nitrogens is 1.